The summed E-state index contributed by atoms with van der Waals surface area (Å²) in [7, 11) is 0. The number of benzene rings is 1. The van der Waals surface area contributed by atoms with Crippen LogP contribution in [0.4, 0.5) is 5.69 Å². The van der Waals surface area contributed by atoms with Crippen LogP contribution in [0.5, 0.6) is 0 Å². The highest BCUT2D eigenvalue weighted by molar-refractivity contribution is 9.10. The van der Waals surface area contributed by atoms with E-state index in [9.17, 15) is 4.79 Å². The largest absolute Gasteiger partial charge is 0.324 e. The molecule has 1 amide bonds. The van der Waals surface area contributed by atoms with Crippen molar-refractivity contribution in [2.75, 3.05) is 11.9 Å². The smallest absolute Gasteiger partial charge is 0.241 e. The van der Waals surface area contributed by atoms with Gasteiger partial charge in [0.25, 0.3) is 0 Å². The zero-order valence-electron chi connectivity index (χ0n) is 9.22. The Balaban J connectivity index is 2.08. The van der Waals surface area contributed by atoms with Gasteiger partial charge in [0, 0.05) is 4.47 Å². The first-order valence-electron chi connectivity index (χ1n) is 5.48. The molecule has 1 aromatic rings. The van der Waals surface area contributed by atoms with Crippen molar-refractivity contribution >= 4 is 27.5 Å². The molecule has 86 valence electrons. The molecule has 1 saturated heterocycles. The van der Waals surface area contributed by atoms with Gasteiger partial charge < -0.3 is 10.6 Å². The van der Waals surface area contributed by atoms with Gasteiger partial charge in [0.15, 0.2) is 0 Å². The minimum absolute atomic E-state index is 0.0348. The standard InChI is InChI=1S/C12H15BrN2O/c1-8-4-2-5-9(11(8)13)15-12(16)10-6-3-7-14-10/h2,4-5,10,14H,3,6-7H2,1H3,(H,15,16). The van der Waals surface area contributed by atoms with Gasteiger partial charge >= 0.3 is 0 Å². The number of rotatable bonds is 2. The third-order valence-electron chi connectivity index (χ3n) is 2.83. The van der Waals surface area contributed by atoms with E-state index >= 15 is 0 Å². The van der Waals surface area contributed by atoms with Gasteiger partial charge in [0.2, 0.25) is 5.91 Å². The first kappa shape index (κ1) is 11.6. The monoisotopic (exact) mass is 282 g/mol. The van der Waals surface area contributed by atoms with Gasteiger partial charge in [-0.25, -0.2) is 0 Å². The molecule has 0 radical (unpaired) electrons. The van der Waals surface area contributed by atoms with Crippen LogP contribution in [0.3, 0.4) is 0 Å². The number of carbonyl (C=O) groups excluding carboxylic acids is 1. The van der Waals surface area contributed by atoms with Crippen molar-refractivity contribution in [3.63, 3.8) is 0 Å². The van der Waals surface area contributed by atoms with E-state index < -0.39 is 0 Å². The lowest BCUT2D eigenvalue weighted by molar-refractivity contribution is -0.117. The molecule has 1 atom stereocenters. The van der Waals surface area contributed by atoms with Crippen molar-refractivity contribution in [3.8, 4) is 0 Å². The summed E-state index contributed by atoms with van der Waals surface area (Å²) in [5, 5.41) is 6.13. The predicted octanol–water partition coefficient (Wildman–Crippen LogP) is 2.45. The Morgan fingerprint density at radius 3 is 3.06 bits per heavy atom. The van der Waals surface area contributed by atoms with Crippen molar-refractivity contribution in [3.05, 3.63) is 28.2 Å². The highest BCUT2D eigenvalue weighted by Gasteiger charge is 2.22. The van der Waals surface area contributed by atoms with E-state index in [2.05, 4.69) is 26.6 Å². The molecule has 1 heterocycles. The number of aryl methyl sites for hydroxylation is 1. The minimum Gasteiger partial charge on any atom is -0.324 e. The molecule has 0 saturated carbocycles. The highest BCUT2D eigenvalue weighted by atomic mass is 79.9. The van der Waals surface area contributed by atoms with Gasteiger partial charge in [-0.05, 0) is 53.9 Å². The number of hydrogen-bond acceptors (Lipinski definition) is 2. The van der Waals surface area contributed by atoms with Gasteiger partial charge in [-0.2, -0.15) is 0 Å². The highest BCUT2D eigenvalue weighted by Crippen LogP contribution is 2.26. The average molecular weight is 283 g/mol. The van der Waals surface area contributed by atoms with Crippen LogP contribution in [0.2, 0.25) is 0 Å². The molecule has 1 aliphatic rings. The first-order valence-corrected chi connectivity index (χ1v) is 6.27. The van der Waals surface area contributed by atoms with Crippen LogP contribution < -0.4 is 10.6 Å². The lowest BCUT2D eigenvalue weighted by Gasteiger charge is -2.13. The molecule has 2 rings (SSSR count). The van der Waals surface area contributed by atoms with E-state index in [1.807, 2.05) is 25.1 Å². The molecule has 16 heavy (non-hydrogen) atoms. The lowest BCUT2D eigenvalue weighted by Crippen LogP contribution is -2.35. The van der Waals surface area contributed by atoms with Crippen molar-refractivity contribution in [1.29, 1.82) is 0 Å². The fourth-order valence-electron chi connectivity index (χ4n) is 1.87. The number of hydrogen-bond donors (Lipinski definition) is 2. The van der Waals surface area contributed by atoms with E-state index in [4.69, 9.17) is 0 Å². The van der Waals surface area contributed by atoms with Crippen LogP contribution in [0, 0.1) is 6.92 Å². The van der Waals surface area contributed by atoms with Crippen LogP contribution in [-0.2, 0) is 4.79 Å². The lowest BCUT2D eigenvalue weighted by atomic mass is 10.2. The topological polar surface area (TPSA) is 41.1 Å². The van der Waals surface area contributed by atoms with Gasteiger partial charge in [-0.15, -0.1) is 0 Å². The third-order valence-corrected chi connectivity index (χ3v) is 3.88. The maximum absolute atomic E-state index is 11.9. The van der Waals surface area contributed by atoms with Crippen molar-refractivity contribution in [1.82, 2.24) is 5.32 Å². The number of anilines is 1. The summed E-state index contributed by atoms with van der Waals surface area (Å²) in [4.78, 5) is 11.9. The third kappa shape index (κ3) is 2.44. The quantitative estimate of drug-likeness (QED) is 0.875. The minimum atomic E-state index is -0.0348. The van der Waals surface area contributed by atoms with Crippen LogP contribution in [0.1, 0.15) is 18.4 Å². The summed E-state index contributed by atoms with van der Waals surface area (Å²) < 4.78 is 0.960. The number of halogens is 1. The Hall–Kier alpha value is -0.870. The van der Waals surface area contributed by atoms with Crippen LogP contribution in [-0.4, -0.2) is 18.5 Å². The van der Waals surface area contributed by atoms with Crippen LogP contribution in [0.15, 0.2) is 22.7 Å². The van der Waals surface area contributed by atoms with Crippen molar-refractivity contribution < 1.29 is 4.79 Å². The molecule has 1 fully saturated rings. The molecule has 0 aliphatic carbocycles. The van der Waals surface area contributed by atoms with Crippen molar-refractivity contribution in [2.45, 2.75) is 25.8 Å². The summed E-state index contributed by atoms with van der Waals surface area (Å²) in [6.45, 7) is 2.95. The Morgan fingerprint density at radius 1 is 1.56 bits per heavy atom. The summed E-state index contributed by atoms with van der Waals surface area (Å²) in [6.07, 6.45) is 2.00. The fraction of sp³-hybridized carbons (Fsp3) is 0.417. The predicted molar refractivity (Wildman–Crippen MR) is 68.5 cm³/mol. The Morgan fingerprint density at radius 2 is 2.38 bits per heavy atom. The Kier molecular flexibility index (Phi) is 3.61. The summed E-state index contributed by atoms with van der Waals surface area (Å²) in [5.41, 5.74) is 1.97. The zero-order chi connectivity index (χ0) is 11.5. The maximum atomic E-state index is 11.9. The second-order valence-corrected chi connectivity index (χ2v) is 4.87. The van der Waals surface area contributed by atoms with E-state index in [-0.39, 0.29) is 11.9 Å². The van der Waals surface area contributed by atoms with Crippen LogP contribution >= 0.6 is 15.9 Å². The van der Waals surface area contributed by atoms with E-state index in [1.165, 1.54) is 0 Å². The molecular weight excluding hydrogens is 268 g/mol. The molecule has 0 bridgehead atoms. The van der Waals surface area contributed by atoms with E-state index in [0.29, 0.717) is 0 Å². The molecule has 0 aromatic heterocycles. The molecule has 1 aromatic carbocycles. The fourth-order valence-corrected chi connectivity index (χ4v) is 2.24. The van der Waals surface area contributed by atoms with Crippen LogP contribution in [0.25, 0.3) is 0 Å². The summed E-state index contributed by atoms with van der Waals surface area (Å²) in [5.74, 6) is 0.0591. The molecular formula is C12H15BrN2O. The number of nitrogens with one attached hydrogen (secondary N) is 2. The van der Waals surface area contributed by atoms with Gasteiger partial charge in [0.05, 0.1) is 11.7 Å². The van der Waals surface area contributed by atoms with Crippen molar-refractivity contribution in [2.24, 2.45) is 0 Å². The average Bonchev–Trinajstić information content (AvgIpc) is 2.78. The number of carbonyl (C=O) groups is 1. The van der Waals surface area contributed by atoms with E-state index in [1.54, 1.807) is 0 Å². The molecule has 2 N–H and O–H groups in total. The molecule has 0 spiro atoms. The van der Waals surface area contributed by atoms with E-state index in [0.717, 1.165) is 35.1 Å². The van der Waals surface area contributed by atoms with Gasteiger partial charge in [0.1, 0.15) is 0 Å². The van der Waals surface area contributed by atoms with Gasteiger partial charge in [-0.3, -0.25) is 4.79 Å². The SMILES string of the molecule is Cc1cccc(NC(=O)C2CCCN2)c1Br. The maximum Gasteiger partial charge on any atom is 0.241 e. The molecule has 1 unspecified atom stereocenters. The molecule has 1 aliphatic heterocycles. The second kappa shape index (κ2) is 4.97. The molecule has 4 heteroatoms. The second-order valence-electron chi connectivity index (χ2n) is 4.07. The van der Waals surface area contributed by atoms with Gasteiger partial charge in [-0.1, -0.05) is 12.1 Å². The first-order chi connectivity index (χ1) is 7.68. The summed E-state index contributed by atoms with van der Waals surface area (Å²) in [6, 6.07) is 5.82. The Labute approximate surface area is 104 Å². The Bertz CT molecular complexity index is 400. The number of amides is 1. The zero-order valence-corrected chi connectivity index (χ0v) is 10.8. The normalized spacial score (nSPS) is 19.8. The molecule has 3 nitrogen and oxygen atoms in total. The summed E-state index contributed by atoms with van der Waals surface area (Å²) >= 11 is 3.48.